The molecule has 224 valence electrons. The summed E-state index contributed by atoms with van der Waals surface area (Å²) in [6, 6.07) is 14.3. The first-order valence-corrected chi connectivity index (χ1v) is 13.6. The highest BCUT2D eigenvalue weighted by atomic mass is 35.5. The molecule has 0 aliphatic heterocycles. The summed E-state index contributed by atoms with van der Waals surface area (Å²) in [6.45, 7) is -0.565. The molecule has 0 unspecified atom stereocenters. The number of halogens is 3. The van der Waals surface area contributed by atoms with E-state index in [1.807, 2.05) is 30.3 Å². The summed E-state index contributed by atoms with van der Waals surface area (Å²) in [4.78, 5) is 35.3. The zero-order chi connectivity index (χ0) is 31.0. The van der Waals surface area contributed by atoms with Crippen LogP contribution in [-0.4, -0.2) is 38.7 Å². The van der Waals surface area contributed by atoms with E-state index in [1.54, 1.807) is 37.1 Å². The minimum absolute atomic E-state index is 0.00422. The highest BCUT2D eigenvalue weighted by Gasteiger charge is 2.20. The van der Waals surface area contributed by atoms with Gasteiger partial charge in [0.05, 0.1) is 29.3 Å². The van der Waals surface area contributed by atoms with Gasteiger partial charge in [0.2, 0.25) is 5.95 Å². The van der Waals surface area contributed by atoms with Crippen molar-refractivity contribution in [1.82, 2.24) is 38.7 Å². The highest BCUT2D eigenvalue weighted by Crippen LogP contribution is 2.30. The van der Waals surface area contributed by atoms with Crippen LogP contribution in [0.5, 0.6) is 5.75 Å². The Morgan fingerprint density at radius 3 is 2.45 bits per heavy atom. The molecule has 3 heterocycles. The van der Waals surface area contributed by atoms with Crippen LogP contribution in [0.25, 0.3) is 10.9 Å². The first-order chi connectivity index (χ1) is 21.1. The fraction of sp³-hybridized carbons (Fsp3) is 0.172. The van der Waals surface area contributed by atoms with Crippen LogP contribution in [0.1, 0.15) is 17.0 Å². The van der Waals surface area contributed by atoms with Gasteiger partial charge in [0, 0.05) is 37.3 Å². The summed E-state index contributed by atoms with van der Waals surface area (Å²) in [6.07, 6.45) is 3.20. The van der Waals surface area contributed by atoms with E-state index in [0.717, 1.165) is 32.2 Å². The predicted octanol–water partition coefficient (Wildman–Crippen LogP) is 3.77. The molecular weight excluding hydrogens is 596 g/mol. The van der Waals surface area contributed by atoms with Gasteiger partial charge in [-0.05, 0) is 23.8 Å². The van der Waals surface area contributed by atoms with Crippen molar-refractivity contribution in [3.8, 4) is 5.75 Å². The number of nitrogens with zero attached hydrogens (tertiary/aromatic N) is 8. The smallest absolute Gasteiger partial charge is 0.355 e. The largest absolute Gasteiger partial charge is 0.488 e. The SMILES string of the molecule is Cn1cnc(Cn2c(=O)nc(Nc3cc4cn(C)nc4cc3Cl)n(Cc3cc(F)c(F)cc3OCc3ccccc3)c2=O)n1. The van der Waals surface area contributed by atoms with Crippen LogP contribution in [0.2, 0.25) is 5.02 Å². The molecule has 0 aliphatic rings. The third-order valence-corrected chi connectivity index (χ3v) is 7.03. The second-order valence-electron chi connectivity index (χ2n) is 9.97. The van der Waals surface area contributed by atoms with Crippen LogP contribution in [0, 0.1) is 11.6 Å². The van der Waals surface area contributed by atoms with Crippen molar-refractivity contribution in [3.05, 3.63) is 122 Å². The molecule has 0 amide bonds. The average Bonchev–Trinajstić information content (AvgIpc) is 3.57. The van der Waals surface area contributed by atoms with Crippen LogP contribution in [0.15, 0.2) is 76.7 Å². The summed E-state index contributed by atoms with van der Waals surface area (Å²) in [5.41, 5.74) is 0.196. The fourth-order valence-electron chi connectivity index (χ4n) is 4.62. The first-order valence-electron chi connectivity index (χ1n) is 13.3. The Balaban J connectivity index is 1.45. The molecule has 44 heavy (non-hydrogen) atoms. The maximum Gasteiger partial charge on any atom is 0.355 e. The normalized spacial score (nSPS) is 11.3. The molecule has 0 aliphatic carbocycles. The molecule has 0 spiro atoms. The number of aryl methyl sites for hydroxylation is 2. The van der Waals surface area contributed by atoms with Gasteiger partial charge in [-0.3, -0.25) is 13.9 Å². The van der Waals surface area contributed by atoms with E-state index >= 15 is 0 Å². The minimum Gasteiger partial charge on any atom is -0.488 e. The number of nitrogens with one attached hydrogen (secondary N) is 1. The summed E-state index contributed by atoms with van der Waals surface area (Å²) >= 11 is 6.52. The number of benzene rings is 3. The summed E-state index contributed by atoms with van der Waals surface area (Å²) < 4.78 is 39.8. The zero-order valence-electron chi connectivity index (χ0n) is 23.4. The molecule has 0 atom stereocenters. The Kier molecular flexibility index (Phi) is 7.66. The second kappa shape index (κ2) is 11.7. The molecule has 6 rings (SSSR count). The minimum atomic E-state index is -1.14. The number of anilines is 2. The van der Waals surface area contributed by atoms with Crippen molar-refractivity contribution in [3.63, 3.8) is 0 Å². The molecule has 3 aromatic carbocycles. The number of rotatable bonds is 9. The number of aromatic nitrogens is 8. The molecule has 6 aromatic rings. The molecule has 0 bridgehead atoms. The predicted molar refractivity (Wildman–Crippen MR) is 158 cm³/mol. The standard InChI is InChI=1S/C29H24ClF2N9O3/c1-38-12-18-9-24(20(30)10-23(18)36-38)34-27-35-28(42)41(14-26-33-16-39(2)37-26)29(43)40(27)13-19-8-21(31)22(32)11-25(19)44-15-17-6-4-3-5-7-17/h3-12,16H,13-15H2,1-2H3,(H,34,35,42). The van der Waals surface area contributed by atoms with Crippen molar-refractivity contribution in [2.45, 2.75) is 19.7 Å². The molecular formula is C29H24ClF2N9O3. The number of fused-ring (bicyclic) bond motifs is 1. The molecule has 0 saturated heterocycles. The number of ether oxygens (including phenoxy) is 1. The Labute approximate surface area is 252 Å². The molecule has 3 aromatic heterocycles. The van der Waals surface area contributed by atoms with E-state index in [2.05, 4.69) is 25.5 Å². The topological polar surface area (TPSA) is 127 Å². The van der Waals surface area contributed by atoms with Gasteiger partial charge in [0.1, 0.15) is 18.7 Å². The Hall–Kier alpha value is -5.37. The van der Waals surface area contributed by atoms with Gasteiger partial charge in [-0.25, -0.2) is 27.9 Å². The van der Waals surface area contributed by atoms with Gasteiger partial charge >= 0.3 is 11.4 Å². The van der Waals surface area contributed by atoms with E-state index in [9.17, 15) is 18.4 Å². The van der Waals surface area contributed by atoms with Gasteiger partial charge in [-0.2, -0.15) is 15.2 Å². The van der Waals surface area contributed by atoms with E-state index < -0.39 is 23.0 Å². The molecule has 1 N–H and O–H groups in total. The molecule has 0 fully saturated rings. The zero-order valence-corrected chi connectivity index (χ0v) is 24.2. The van der Waals surface area contributed by atoms with Crippen molar-refractivity contribution < 1.29 is 13.5 Å². The van der Waals surface area contributed by atoms with E-state index in [1.165, 1.54) is 11.0 Å². The third kappa shape index (κ3) is 5.92. The number of hydrogen-bond donors (Lipinski definition) is 1. The third-order valence-electron chi connectivity index (χ3n) is 6.72. The van der Waals surface area contributed by atoms with Crippen molar-refractivity contribution in [2.75, 3.05) is 5.32 Å². The highest BCUT2D eigenvalue weighted by molar-refractivity contribution is 6.34. The lowest BCUT2D eigenvalue weighted by Gasteiger charge is -2.18. The van der Waals surface area contributed by atoms with Crippen LogP contribution < -0.4 is 21.4 Å². The van der Waals surface area contributed by atoms with E-state index in [-0.39, 0.29) is 47.8 Å². The van der Waals surface area contributed by atoms with E-state index in [4.69, 9.17) is 16.3 Å². The van der Waals surface area contributed by atoms with Gasteiger partial charge in [-0.1, -0.05) is 41.9 Å². The Morgan fingerprint density at radius 2 is 1.70 bits per heavy atom. The maximum absolute atomic E-state index is 14.6. The quantitative estimate of drug-likeness (QED) is 0.259. The first kappa shape index (κ1) is 28.7. The van der Waals surface area contributed by atoms with Crippen LogP contribution in [0.4, 0.5) is 20.4 Å². The summed E-state index contributed by atoms with van der Waals surface area (Å²) in [7, 11) is 3.40. The van der Waals surface area contributed by atoms with Crippen molar-refractivity contribution in [1.29, 1.82) is 0 Å². The van der Waals surface area contributed by atoms with Gasteiger partial charge in [0.15, 0.2) is 17.5 Å². The molecule has 12 nitrogen and oxygen atoms in total. The average molecular weight is 620 g/mol. The fourth-order valence-corrected chi connectivity index (χ4v) is 4.82. The maximum atomic E-state index is 14.6. The van der Waals surface area contributed by atoms with Gasteiger partial charge < -0.3 is 10.1 Å². The van der Waals surface area contributed by atoms with Crippen LogP contribution in [0.3, 0.4) is 0 Å². The lowest BCUT2D eigenvalue weighted by atomic mass is 10.1. The van der Waals surface area contributed by atoms with Crippen molar-refractivity contribution >= 4 is 34.1 Å². The Morgan fingerprint density at radius 1 is 0.932 bits per heavy atom. The van der Waals surface area contributed by atoms with Crippen molar-refractivity contribution in [2.24, 2.45) is 14.1 Å². The van der Waals surface area contributed by atoms with Gasteiger partial charge in [0.25, 0.3) is 0 Å². The van der Waals surface area contributed by atoms with Crippen LogP contribution in [-0.2, 0) is 33.8 Å². The van der Waals surface area contributed by atoms with E-state index in [0.29, 0.717) is 11.2 Å². The lowest BCUT2D eigenvalue weighted by Crippen LogP contribution is -2.43. The van der Waals surface area contributed by atoms with Gasteiger partial charge in [-0.15, -0.1) is 0 Å². The van der Waals surface area contributed by atoms with Crippen LogP contribution >= 0.6 is 11.6 Å². The summed E-state index contributed by atoms with van der Waals surface area (Å²) in [5.74, 6) is -2.24. The Bertz CT molecular complexity index is 2120. The summed E-state index contributed by atoms with van der Waals surface area (Å²) in [5, 5.41) is 12.4. The lowest BCUT2D eigenvalue weighted by molar-refractivity contribution is 0.299. The monoisotopic (exact) mass is 619 g/mol. The second-order valence-corrected chi connectivity index (χ2v) is 10.4. The molecule has 0 saturated carbocycles. The number of hydrogen-bond acceptors (Lipinski definition) is 8. The molecule has 15 heteroatoms. The molecule has 0 radical (unpaired) electrons.